The molecule has 158 valence electrons. The predicted molar refractivity (Wildman–Crippen MR) is 113 cm³/mol. The van der Waals surface area contributed by atoms with Crippen LogP contribution in [0.2, 0.25) is 0 Å². The van der Waals surface area contributed by atoms with E-state index in [-0.39, 0.29) is 17.8 Å². The van der Waals surface area contributed by atoms with Crippen molar-refractivity contribution < 1.29 is 23.9 Å². The highest BCUT2D eigenvalue weighted by atomic mass is 16.5. The summed E-state index contributed by atoms with van der Waals surface area (Å²) in [5.41, 5.74) is 3.48. The molecular weight excluding hydrogens is 382 g/mol. The van der Waals surface area contributed by atoms with E-state index >= 15 is 0 Å². The molecule has 0 saturated heterocycles. The molecule has 0 bridgehead atoms. The number of hydrogen-bond donors (Lipinski definition) is 1. The summed E-state index contributed by atoms with van der Waals surface area (Å²) in [6.07, 6.45) is 2.61. The molecule has 1 heterocycles. The Labute approximate surface area is 176 Å². The molecule has 0 unspecified atom stereocenters. The highest BCUT2D eigenvalue weighted by Gasteiger charge is 2.43. The predicted octanol–water partition coefficient (Wildman–Crippen LogP) is 3.81. The largest absolute Gasteiger partial charge is 0.465 e. The van der Waals surface area contributed by atoms with E-state index in [1.54, 1.807) is 24.3 Å². The molecular formula is C24H27NO5. The minimum absolute atomic E-state index is 0.0114. The molecule has 0 saturated carbocycles. The van der Waals surface area contributed by atoms with Crippen LogP contribution in [0, 0.1) is 5.41 Å². The highest BCUT2D eigenvalue weighted by Crippen LogP contribution is 2.46. The van der Waals surface area contributed by atoms with Crippen molar-refractivity contribution in [1.29, 1.82) is 0 Å². The van der Waals surface area contributed by atoms with E-state index in [4.69, 9.17) is 9.47 Å². The zero-order valence-electron chi connectivity index (χ0n) is 17.8. The van der Waals surface area contributed by atoms with Crippen LogP contribution in [0.1, 0.15) is 55.5 Å². The minimum Gasteiger partial charge on any atom is -0.465 e. The lowest BCUT2D eigenvalue weighted by Crippen LogP contribution is -2.38. The first-order valence-electron chi connectivity index (χ1n) is 9.89. The maximum absolute atomic E-state index is 13.2. The second-order valence-electron chi connectivity index (χ2n) is 8.43. The van der Waals surface area contributed by atoms with E-state index in [1.807, 2.05) is 6.92 Å². The fourth-order valence-electron chi connectivity index (χ4n) is 4.18. The number of Topliss-reactive ketones (excluding diaryl/α,β-unsaturated/α-hetero) is 1. The number of ether oxygens (including phenoxy) is 2. The van der Waals surface area contributed by atoms with Gasteiger partial charge < -0.3 is 14.8 Å². The van der Waals surface area contributed by atoms with Gasteiger partial charge in [-0.05, 0) is 36.5 Å². The van der Waals surface area contributed by atoms with Gasteiger partial charge in [-0.1, -0.05) is 38.6 Å². The average Bonchev–Trinajstić information content (AvgIpc) is 2.69. The number of hydrogen-bond acceptors (Lipinski definition) is 6. The summed E-state index contributed by atoms with van der Waals surface area (Å²) in [5.74, 6) is -1.49. The van der Waals surface area contributed by atoms with Crippen molar-refractivity contribution in [3.8, 4) is 0 Å². The molecule has 6 heteroatoms. The van der Waals surface area contributed by atoms with Crippen molar-refractivity contribution in [2.45, 2.75) is 39.5 Å². The Hall–Kier alpha value is -3.15. The molecule has 1 aromatic rings. The molecule has 0 fully saturated rings. The van der Waals surface area contributed by atoms with Gasteiger partial charge in [0, 0.05) is 29.3 Å². The van der Waals surface area contributed by atoms with E-state index in [9.17, 15) is 14.4 Å². The minimum atomic E-state index is -0.561. The molecule has 1 atom stereocenters. The fourth-order valence-corrected chi connectivity index (χ4v) is 4.18. The van der Waals surface area contributed by atoms with Crippen LogP contribution in [-0.2, 0) is 19.1 Å². The van der Waals surface area contributed by atoms with Crippen LogP contribution in [0.4, 0.5) is 0 Å². The van der Waals surface area contributed by atoms with Crippen LogP contribution in [0.3, 0.4) is 0 Å². The number of carbonyl (C=O) groups is 3. The summed E-state index contributed by atoms with van der Waals surface area (Å²) in [6.45, 7) is 9.60. The van der Waals surface area contributed by atoms with Crippen molar-refractivity contribution in [2.24, 2.45) is 5.41 Å². The zero-order chi connectivity index (χ0) is 22.1. The summed E-state index contributed by atoms with van der Waals surface area (Å²) < 4.78 is 10.1. The first-order chi connectivity index (χ1) is 14.2. The molecule has 0 amide bonds. The fraction of sp³-hybridized carbons (Fsp3) is 0.375. The van der Waals surface area contributed by atoms with Gasteiger partial charge in [0.05, 0.1) is 18.2 Å². The van der Waals surface area contributed by atoms with Crippen LogP contribution in [0.25, 0.3) is 0 Å². The number of ketones is 1. The van der Waals surface area contributed by atoms with E-state index in [0.717, 1.165) is 11.3 Å². The van der Waals surface area contributed by atoms with Crippen LogP contribution in [0.5, 0.6) is 0 Å². The summed E-state index contributed by atoms with van der Waals surface area (Å²) in [6, 6.07) is 6.80. The number of nitrogens with one attached hydrogen (secondary N) is 1. The first kappa shape index (κ1) is 21.6. The molecule has 6 nitrogen and oxygen atoms in total. The number of rotatable bonds is 5. The average molecular weight is 409 g/mol. The monoisotopic (exact) mass is 409 g/mol. The Kier molecular flexibility index (Phi) is 5.97. The van der Waals surface area contributed by atoms with Crippen molar-refractivity contribution in [2.75, 3.05) is 13.7 Å². The third-order valence-corrected chi connectivity index (χ3v) is 5.46. The molecule has 0 spiro atoms. The van der Waals surface area contributed by atoms with Gasteiger partial charge in [-0.2, -0.15) is 0 Å². The lowest BCUT2D eigenvalue weighted by atomic mass is 9.68. The van der Waals surface area contributed by atoms with Gasteiger partial charge in [0.15, 0.2) is 5.78 Å². The zero-order valence-corrected chi connectivity index (χ0v) is 17.8. The third-order valence-electron chi connectivity index (χ3n) is 5.46. The SMILES string of the molecule is C=CCOC(=O)C1=C(C)NC2=C(C(=O)CC(C)(C)C2)[C@H]1c1ccc(C(=O)OC)cc1. The molecule has 3 rings (SSSR count). The lowest BCUT2D eigenvalue weighted by molar-refractivity contribution is -0.138. The molecule has 0 aromatic heterocycles. The Bertz CT molecular complexity index is 966. The Morgan fingerprint density at radius 3 is 2.47 bits per heavy atom. The number of allylic oxidation sites excluding steroid dienone is 3. The second kappa shape index (κ2) is 8.30. The van der Waals surface area contributed by atoms with E-state index in [1.165, 1.54) is 13.2 Å². The number of methoxy groups -OCH3 is 1. The number of benzene rings is 1. The molecule has 1 aromatic carbocycles. The Morgan fingerprint density at radius 2 is 1.87 bits per heavy atom. The molecule has 1 N–H and O–H groups in total. The summed E-state index contributed by atoms with van der Waals surface area (Å²) in [5, 5.41) is 3.29. The van der Waals surface area contributed by atoms with Crippen LogP contribution >= 0.6 is 0 Å². The van der Waals surface area contributed by atoms with Crippen molar-refractivity contribution in [3.05, 3.63) is 70.6 Å². The van der Waals surface area contributed by atoms with Gasteiger partial charge in [0.25, 0.3) is 0 Å². The normalized spacial score (nSPS) is 20.3. The molecule has 0 radical (unpaired) electrons. The van der Waals surface area contributed by atoms with Gasteiger partial charge in [0.1, 0.15) is 6.61 Å². The number of carbonyl (C=O) groups excluding carboxylic acids is 3. The van der Waals surface area contributed by atoms with Crippen molar-refractivity contribution in [3.63, 3.8) is 0 Å². The van der Waals surface area contributed by atoms with Crippen molar-refractivity contribution in [1.82, 2.24) is 5.32 Å². The lowest BCUT2D eigenvalue weighted by Gasteiger charge is -2.39. The standard InChI is InChI=1S/C24H27NO5/c1-6-11-30-23(28)19-14(2)25-17-12-24(3,4)13-18(26)21(17)20(19)15-7-9-16(10-8-15)22(27)29-5/h6-10,20,25H,1,11-13H2,2-5H3/t20-/m0/s1. The first-order valence-corrected chi connectivity index (χ1v) is 9.89. The Balaban J connectivity index is 2.12. The van der Waals surface area contributed by atoms with Crippen LogP contribution < -0.4 is 5.32 Å². The van der Waals surface area contributed by atoms with E-state index < -0.39 is 17.9 Å². The van der Waals surface area contributed by atoms with Gasteiger partial charge in [-0.15, -0.1) is 0 Å². The number of esters is 2. The maximum atomic E-state index is 13.2. The van der Waals surface area contributed by atoms with Crippen molar-refractivity contribution >= 4 is 17.7 Å². The Morgan fingerprint density at radius 1 is 1.20 bits per heavy atom. The van der Waals surface area contributed by atoms with Gasteiger partial charge in [-0.3, -0.25) is 4.79 Å². The van der Waals surface area contributed by atoms with Gasteiger partial charge in [0.2, 0.25) is 0 Å². The maximum Gasteiger partial charge on any atom is 0.337 e. The molecule has 2 aliphatic rings. The third kappa shape index (κ3) is 4.08. The second-order valence-corrected chi connectivity index (χ2v) is 8.43. The van der Waals surface area contributed by atoms with Crippen LogP contribution in [-0.4, -0.2) is 31.4 Å². The topological polar surface area (TPSA) is 81.7 Å². The van der Waals surface area contributed by atoms with Crippen LogP contribution in [0.15, 0.2) is 59.5 Å². The smallest absolute Gasteiger partial charge is 0.337 e. The van der Waals surface area contributed by atoms with Gasteiger partial charge >= 0.3 is 11.9 Å². The summed E-state index contributed by atoms with van der Waals surface area (Å²) >= 11 is 0. The number of dihydropyridines is 1. The quantitative estimate of drug-likeness (QED) is 0.588. The molecule has 1 aliphatic heterocycles. The van der Waals surface area contributed by atoms with E-state index in [2.05, 4.69) is 25.7 Å². The summed E-state index contributed by atoms with van der Waals surface area (Å²) in [7, 11) is 1.32. The van der Waals surface area contributed by atoms with Gasteiger partial charge in [-0.25, -0.2) is 9.59 Å². The molecule has 1 aliphatic carbocycles. The molecule has 30 heavy (non-hydrogen) atoms. The van der Waals surface area contributed by atoms with E-state index in [0.29, 0.717) is 35.2 Å². The highest BCUT2D eigenvalue weighted by molar-refractivity contribution is 6.04. The summed E-state index contributed by atoms with van der Waals surface area (Å²) in [4.78, 5) is 37.9.